The van der Waals surface area contributed by atoms with Crippen LogP contribution in [0.2, 0.25) is 0 Å². The second kappa shape index (κ2) is 6.33. The Morgan fingerprint density at radius 3 is 2.50 bits per heavy atom. The van der Waals surface area contributed by atoms with Crippen LogP contribution in [0.25, 0.3) is 0 Å². The normalized spacial score (nSPS) is 10.3. The molecule has 0 bridgehead atoms. The van der Waals surface area contributed by atoms with Gasteiger partial charge >= 0.3 is 0 Å². The van der Waals surface area contributed by atoms with Gasteiger partial charge in [-0.25, -0.2) is 4.39 Å². The number of rotatable bonds is 5. The quantitative estimate of drug-likeness (QED) is 0.764. The largest absolute Gasteiger partial charge is 0.494 e. The van der Waals surface area contributed by atoms with Gasteiger partial charge in [0.2, 0.25) is 0 Å². The molecule has 0 N–H and O–H groups in total. The van der Waals surface area contributed by atoms with Crippen molar-refractivity contribution in [3.05, 3.63) is 65.0 Å². The van der Waals surface area contributed by atoms with E-state index in [-0.39, 0.29) is 11.3 Å². The maximum atomic E-state index is 13.9. The minimum Gasteiger partial charge on any atom is -0.494 e. The molecule has 0 radical (unpaired) electrons. The van der Waals surface area contributed by atoms with Crippen molar-refractivity contribution in [3.63, 3.8) is 0 Å². The van der Waals surface area contributed by atoms with Gasteiger partial charge in [-0.15, -0.1) is 0 Å². The van der Waals surface area contributed by atoms with E-state index in [9.17, 15) is 9.18 Å². The lowest BCUT2D eigenvalue weighted by molar-refractivity contribution is 0.103. The first-order chi connectivity index (χ1) is 9.63. The van der Waals surface area contributed by atoms with Crippen LogP contribution in [0.15, 0.2) is 42.5 Å². The molecular formula is C17H17FO2. The second-order valence-corrected chi connectivity index (χ2v) is 4.64. The third-order valence-corrected chi connectivity index (χ3v) is 3.03. The molecule has 2 nitrogen and oxygen atoms in total. The smallest absolute Gasteiger partial charge is 0.195 e. The molecule has 0 amide bonds. The minimum absolute atomic E-state index is 0.104. The molecule has 0 atom stereocenters. The topological polar surface area (TPSA) is 26.3 Å². The fourth-order valence-corrected chi connectivity index (χ4v) is 1.90. The Bertz CT molecular complexity index is 603. The molecule has 2 aromatic rings. The van der Waals surface area contributed by atoms with Crippen LogP contribution >= 0.6 is 0 Å². The minimum atomic E-state index is -0.455. The molecule has 0 saturated carbocycles. The van der Waals surface area contributed by atoms with Gasteiger partial charge < -0.3 is 4.74 Å². The lowest BCUT2D eigenvalue weighted by Crippen LogP contribution is -2.05. The van der Waals surface area contributed by atoms with Gasteiger partial charge in [-0.2, -0.15) is 0 Å². The molecule has 20 heavy (non-hydrogen) atoms. The Hall–Kier alpha value is -2.16. The Balaban J connectivity index is 2.23. The SMILES string of the molecule is CCCOc1ccc(C(=O)c2cccc(C)c2F)cc1. The van der Waals surface area contributed by atoms with E-state index in [1.165, 1.54) is 6.07 Å². The van der Waals surface area contributed by atoms with E-state index in [1.807, 2.05) is 6.92 Å². The van der Waals surface area contributed by atoms with E-state index in [2.05, 4.69) is 0 Å². The van der Waals surface area contributed by atoms with Crippen molar-refractivity contribution in [1.29, 1.82) is 0 Å². The maximum Gasteiger partial charge on any atom is 0.195 e. The highest BCUT2D eigenvalue weighted by Gasteiger charge is 2.15. The summed E-state index contributed by atoms with van der Waals surface area (Å²) in [4.78, 5) is 12.3. The van der Waals surface area contributed by atoms with E-state index >= 15 is 0 Å². The molecule has 0 heterocycles. The van der Waals surface area contributed by atoms with E-state index in [0.29, 0.717) is 23.5 Å². The highest BCUT2D eigenvalue weighted by Crippen LogP contribution is 2.19. The van der Waals surface area contributed by atoms with Crippen molar-refractivity contribution in [2.24, 2.45) is 0 Å². The monoisotopic (exact) mass is 272 g/mol. The molecule has 0 aliphatic rings. The molecule has 2 aromatic carbocycles. The molecule has 2 rings (SSSR count). The Morgan fingerprint density at radius 2 is 1.85 bits per heavy atom. The summed E-state index contributed by atoms with van der Waals surface area (Å²) in [7, 11) is 0. The molecule has 0 aliphatic carbocycles. The number of halogens is 1. The van der Waals surface area contributed by atoms with Crippen LogP contribution in [0.4, 0.5) is 4.39 Å². The van der Waals surface area contributed by atoms with Gasteiger partial charge in [0.05, 0.1) is 12.2 Å². The first-order valence-electron chi connectivity index (χ1n) is 6.66. The Morgan fingerprint density at radius 1 is 1.15 bits per heavy atom. The molecule has 3 heteroatoms. The van der Waals surface area contributed by atoms with Crippen LogP contribution in [0, 0.1) is 12.7 Å². The molecule has 0 spiro atoms. The molecular weight excluding hydrogens is 255 g/mol. The van der Waals surface area contributed by atoms with Crippen LogP contribution in [0.1, 0.15) is 34.8 Å². The van der Waals surface area contributed by atoms with Crippen molar-refractivity contribution >= 4 is 5.78 Å². The highest BCUT2D eigenvalue weighted by atomic mass is 19.1. The summed E-state index contributed by atoms with van der Waals surface area (Å²) in [5.74, 6) is -0.0508. The van der Waals surface area contributed by atoms with E-state index in [1.54, 1.807) is 43.3 Å². The molecule has 104 valence electrons. The summed E-state index contributed by atoms with van der Waals surface area (Å²) in [6.45, 7) is 4.31. The predicted octanol–water partition coefficient (Wildman–Crippen LogP) is 4.15. The average molecular weight is 272 g/mol. The molecule has 0 fully saturated rings. The van der Waals surface area contributed by atoms with Gasteiger partial charge in [-0.05, 0) is 49.2 Å². The fraction of sp³-hybridized carbons (Fsp3) is 0.235. The van der Waals surface area contributed by atoms with Crippen molar-refractivity contribution in [2.75, 3.05) is 6.61 Å². The van der Waals surface area contributed by atoms with Gasteiger partial charge in [-0.1, -0.05) is 19.1 Å². The zero-order chi connectivity index (χ0) is 14.5. The van der Waals surface area contributed by atoms with E-state index < -0.39 is 5.82 Å². The summed E-state index contributed by atoms with van der Waals surface area (Å²) in [6.07, 6.45) is 0.926. The van der Waals surface area contributed by atoms with Crippen molar-refractivity contribution in [3.8, 4) is 5.75 Å². The van der Waals surface area contributed by atoms with Crippen LogP contribution in [-0.2, 0) is 0 Å². The zero-order valence-electron chi connectivity index (χ0n) is 11.7. The zero-order valence-corrected chi connectivity index (χ0v) is 11.7. The van der Waals surface area contributed by atoms with Gasteiger partial charge in [0, 0.05) is 5.56 Å². The summed E-state index contributed by atoms with van der Waals surface area (Å²) in [6, 6.07) is 11.6. The lowest BCUT2D eigenvalue weighted by atomic mass is 10.0. The first-order valence-corrected chi connectivity index (χ1v) is 6.66. The number of ether oxygens (including phenoxy) is 1. The average Bonchev–Trinajstić information content (AvgIpc) is 2.48. The molecule has 0 unspecified atom stereocenters. The van der Waals surface area contributed by atoms with Crippen LogP contribution < -0.4 is 4.74 Å². The van der Waals surface area contributed by atoms with Crippen LogP contribution in [0.3, 0.4) is 0 Å². The molecule has 0 aliphatic heterocycles. The van der Waals surface area contributed by atoms with Gasteiger partial charge in [0.15, 0.2) is 5.78 Å². The third-order valence-electron chi connectivity index (χ3n) is 3.03. The summed E-state index contributed by atoms with van der Waals surface area (Å²) in [5.41, 5.74) is 1.03. The number of ketones is 1. The molecule has 0 saturated heterocycles. The highest BCUT2D eigenvalue weighted by molar-refractivity contribution is 6.09. The van der Waals surface area contributed by atoms with Crippen LogP contribution in [-0.4, -0.2) is 12.4 Å². The van der Waals surface area contributed by atoms with Gasteiger partial charge in [0.1, 0.15) is 11.6 Å². The van der Waals surface area contributed by atoms with Crippen LogP contribution in [0.5, 0.6) is 5.75 Å². The third kappa shape index (κ3) is 3.05. The summed E-state index contributed by atoms with van der Waals surface area (Å²) < 4.78 is 19.4. The van der Waals surface area contributed by atoms with E-state index in [4.69, 9.17) is 4.74 Å². The van der Waals surface area contributed by atoms with Crippen molar-refractivity contribution in [2.45, 2.75) is 20.3 Å². The second-order valence-electron chi connectivity index (χ2n) is 4.64. The van der Waals surface area contributed by atoms with Gasteiger partial charge in [-0.3, -0.25) is 4.79 Å². The number of carbonyl (C=O) groups is 1. The van der Waals surface area contributed by atoms with Crippen molar-refractivity contribution < 1.29 is 13.9 Å². The fourth-order valence-electron chi connectivity index (χ4n) is 1.90. The number of hydrogen-bond acceptors (Lipinski definition) is 2. The number of carbonyl (C=O) groups excluding carboxylic acids is 1. The Kier molecular flexibility index (Phi) is 4.51. The molecule has 0 aromatic heterocycles. The van der Waals surface area contributed by atoms with E-state index in [0.717, 1.165) is 6.42 Å². The van der Waals surface area contributed by atoms with Gasteiger partial charge in [0.25, 0.3) is 0 Å². The number of aryl methyl sites for hydroxylation is 1. The van der Waals surface area contributed by atoms with Crippen molar-refractivity contribution in [1.82, 2.24) is 0 Å². The summed E-state index contributed by atoms with van der Waals surface area (Å²) >= 11 is 0. The first kappa shape index (κ1) is 14.3. The summed E-state index contributed by atoms with van der Waals surface area (Å²) in [5, 5.41) is 0. The standard InChI is InChI=1S/C17H17FO2/c1-3-11-20-14-9-7-13(8-10-14)17(19)15-6-4-5-12(2)16(15)18/h4-10H,3,11H2,1-2H3. The maximum absolute atomic E-state index is 13.9. The lowest BCUT2D eigenvalue weighted by Gasteiger charge is -2.07. The number of benzene rings is 2. The predicted molar refractivity (Wildman–Crippen MR) is 76.8 cm³/mol. The number of hydrogen-bond donors (Lipinski definition) is 0. The Labute approximate surface area is 118 Å².